The van der Waals surface area contributed by atoms with Crippen LogP contribution in [-0.4, -0.2) is 26.5 Å². The maximum absolute atomic E-state index is 9.85. The van der Waals surface area contributed by atoms with Crippen molar-refractivity contribution in [1.82, 2.24) is 20.0 Å². The van der Waals surface area contributed by atoms with Gasteiger partial charge in [-0.1, -0.05) is 80.1 Å². The summed E-state index contributed by atoms with van der Waals surface area (Å²) in [6.07, 6.45) is 5.90. The second kappa shape index (κ2) is 9.87. The van der Waals surface area contributed by atoms with Gasteiger partial charge in [-0.25, -0.2) is 4.68 Å². The highest BCUT2D eigenvalue weighted by molar-refractivity contribution is 6.35. The lowest BCUT2D eigenvalue weighted by Gasteiger charge is -2.23. The third-order valence-electron chi connectivity index (χ3n) is 7.03. The minimum atomic E-state index is -0.268. The Kier molecular flexibility index (Phi) is 6.36. The van der Waals surface area contributed by atoms with Gasteiger partial charge < -0.3 is 10.6 Å². The maximum Gasteiger partial charge on any atom is 0.109 e. The molecule has 0 amide bonds. The van der Waals surface area contributed by atoms with Crippen LogP contribution >= 0.6 is 11.6 Å². The summed E-state index contributed by atoms with van der Waals surface area (Å²) in [5.41, 5.74) is 4.64. The number of pyridine rings is 1. The molecule has 0 bridgehead atoms. The van der Waals surface area contributed by atoms with E-state index in [4.69, 9.17) is 11.6 Å². The molecule has 0 saturated heterocycles. The van der Waals surface area contributed by atoms with E-state index in [1.54, 1.807) is 6.20 Å². The number of nitriles is 1. The Hall–Kier alpha value is -4.15. The van der Waals surface area contributed by atoms with Crippen LogP contribution in [0, 0.1) is 16.7 Å². The predicted octanol–water partition coefficient (Wildman–Crippen LogP) is 7.50. The molecule has 0 aliphatic heterocycles. The molecule has 2 aromatic heterocycles. The van der Waals surface area contributed by atoms with Crippen LogP contribution < -0.4 is 10.6 Å². The number of aromatic nitrogens is 4. The number of hydrogen-bond donors (Lipinski definition) is 2. The van der Waals surface area contributed by atoms with Crippen molar-refractivity contribution >= 4 is 44.7 Å². The van der Waals surface area contributed by atoms with Crippen LogP contribution in [0.2, 0.25) is 5.02 Å². The standard InChI is InChI=1S/C31H30ClN7/c1-31(2,3)18-35-28-20(15-33)16-34-29-25(28)13-21(14-26(29)32)36-30(27-17-39(38-37-27)22-11-12-22)24-10-6-8-19-7-4-5-9-23(19)24/h4-10,13-14,16-17,22,30,36H,11-12,18H2,1-3H3,(H,34,35)/t30-/m0/s1. The molecule has 0 spiro atoms. The van der Waals surface area contributed by atoms with E-state index in [2.05, 4.69) is 89.2 Å². The quantitative estimate of drug-likeness (QED) is 0.224. The minimum absolute atomic E-state index is 0.0226. The van der Waals surface area contributed by atoms with Crippen molar-refractivity contribution in [3.05, 3.63) is 88.8 Å². The molecule has 2 heterocycles. The third kappa shape index (κ3) is 5.13. The number of nitrogens with one attached hydrogen (secondary N) is 2. The molecular weight excluding hydrogens is 506 g/mol. The number of hydrogen-bond acceptors (Lipinski definition) is 6. The Bertz CT molecular complexity index is 1720. The lowest BCUT2D eigenvalue weighted by atomic mass is 9.96. The first-order chi connectivity index (χ1) is 18.8. The van der Waals surface area contributed by atoms with Crippen LogP contribution in [0.1, 0.15) is 62.5 Å². The second-order valence-electron chi connectivity index (χ2n) is 11.4. The maximum atomic E-state index is 9.85. The molecule has 3 aromatic carbocycles. The van der Waals surface area contributed by atoms with Crippen molar-refractivity contribution in [3.8, 4) is 6.07 Å². The second-order valence-corrected chi connectivity index (χ2v) is 11.8. The number of nitrogens with zero attached hydrogens (tertiary/aromatic N) is 5. The highest BCUT2D eigenvalue weighted by Crippen LogP contribution is 2.38. The van der Waals surface area contributed by atoms with Gasteiger partial charge in [0.1, 0.15) is 11.8 Å². The molecule has 7 nitrogen and oxygen atoms in total. The summed E-state index contributed by atoms with van der Waals surface area (Å²) in [5.74, 6) is 0. The smallest absolute Gasteiger partial charge is 0.109 e. The van der Waals surface area contributed by atoms with Gasteiger partial charge in [0.05, 0.1) is 40.1 Å². The first-order valence-electron chi connectivity index (χ1n) is 13.2. The summed E-state index contributed by atoms with van der Waals surface area (Å²) in [6, 6.07) is 21.0. The first kappa shape index (κ1) is 25.1. The van der Waals surface area contributed by atoms with Crippen LogP contribution in [-0.2, 0) is 0 Å². The van der Waals surface area contributed by atoms with Crippen molar-refractivity contribution in [1.29, 1.82) is 5.26 Å². The lowest BCUT2D eigenvalue weighted by molar-refractivity contribution is 0.443. The number of halogens is 1. The summed E-state index contributed by atoms with van der Waals surface area (Å²) in [4.78, 5) is 4.52. The molecule has 1 fully saturated rings. The highest BCUT2D eigenvalue weighted by atomic mass is 35.5. The number of anilines is 2. The number of benzene rings is 3. The van der Waals surface area contributed by atoms with Crippen LogP contribution in [0.5, 0.6) is 0 Å². The van der Waals surface area contributed by atoms with E-state index in [1.165, 1.54) is 0 Å². The van der Waals surface area contributed by atoms with E-state index in [1.807, 2.05) is 29.1 Å². The lowest BCUT2D eigenvalue weighted by Crippen LogP contribution is -2.20. The van der Waals surface area contributed by atoms with Gasteiger partial charge in [0.25, 0.3) is 0 Å². The normalized spacial score (nSPS) is 14.3. The van der Waals surface area contributed by atoms with E-state index in [0.717, 1.165) is 51.6 Å². The third-order valence-corrected chi connectivity index (χ3v) is 7.32. The fourth-order valence-electron chi connectivity index (χ4n) is 4.89. The predicted molar refractivity (Wildman–Crippen MR) is 157 cm³/mol. The molecule has 2 N–H and O–H groups in total. The number of fused-ring (bicyclic) bond motifs is 2. The molecule has 5 aromatic rings. The fraction of sp³-hybridized carbons (Fsp3) is 0.290. The Labute approximate surface area is 232 Å². The molecule has 0 radical (unpaired) electrons. The molecule has 1 atom stereocenters. The Balaban J connectivity index is 1.47. The van der Waals surface area contributed by atoms with Crippen LogP contribution in [0.15, 0.2) is 67.0 Å². The summed E-state index contributed by atoms with van der Waals surface area (Å²) in [6.45, 7) is 7.15. The highest BCUT2D eigenvalue weighted by Gasteiger charge is 2.28. The van der Waals surface area contributed by atoms with Gasteiger partial charge >= 0.3 is 0 Å². The SMILES string of the molecule is CC(C)(C)CNc1c(C#N)cnc2c(Cl)cc(N[C@H](c3cn(C4CC4)nn3)c3cccc4ccccc34)cc12. The van der Waals surface area contributed by atoms with E-state index < -0.39 is 0 Å². The van der Waals surface area contributed by atoms with Crippen molar-refractivity contribution in [2.24, 2.45) is 5.41 Å². The molecule has 6 rings (SSSR count). The largest absolute Gasteiger partial charge is 0.383 e. The molecule has 1 aliphatic carbocycles. The van der Waals surface area contributed by atoms with Gasteiger partial charge in [-0.3, -0.25) is 4.98 Å². The van der Waals surface area contributed by atoms with E-state index in [9.17, 15) is 5.26 Å². The van der Waals surface area contributed by atoms with Gasteiger partial charge in [0.2, 0.25) is 0 Å². The Morgan fingerprint density at radius 3 is 2.67 bits per heavy atom. The van der Waals surface area contributed by atoms with Gasteiger partial charge in [-0.2, -0.15) is 5.26 Å². The van der Waals surface area contributed by atoms with Crippen molar-refractivity contribution in [2.75, 3.05) is 17.2 Å². The summed E-state index contributed by atoms with van der Waals surface area (Å²) in [5, 5.41) is 29.7. The molecule has 196 valence electrons. The minimum Gasteiger partial charge on any atom is -0.383 e. The Morgan fingerprint density at radius 2 is 1.90 bits per heavy atom. The average Bonchev–Trinajstić information content (AvgIpc) is 3.66. The molecule has 0 unspecified atom stereocenters. The fourth-order valence-corrected chi connectivity index (χ4v) is 5.16. The molecule has 1 saturated carbocycles. The molecular formula is C31H30ClN7. The van der Waals surface area contributed by atoms with Gasteiger partial charge in [0, 0.05) is 23.8 Å². The zero-order valence-electron chi connectivity index (χ0n) is 22.2. The van der Waals surface area contributed by atoms with Crippen molar-refractivity contribution in [3.63, 3.8) is 0 Å². The van der Waals surface area contributed by atoms with Crippen LogP contribution in [0.4, 0.5) is 11.4 Å². The molecule has 39 heavy (non-hydrogen) atoms. The molecule has 8 heteroatoms. The van der Waals surface area contributed by atoms with Crippen molar-refractivity contribution < 1.29 is 0 Å². The average molecular weight is 536 g/mol. The zero-order chi connectivity index (χ0) is 27.1. The van der Waals surface area contributed by atoms with Crippen LogP contribution in [0.3, 0.4) is 0 Å². The van der Waals surface area contributed by atoms with E-state index in [-0.39, 0.29) is 11.5 Å². The summed E-state index contributed by atoms with van der Waals surface area (Å²) >= 11 is 6.80. The Morgan fingerprint density at radius 1 is 1.10 bits per heavy atom. The topological polar surface area (TPSA) is 91.5 Å². The van der Waals surface area contributed by atoms with Gasteiger partial charge in [-0.05, 0) is 46.7 Å². The first-order valence-corrected chi connectivity index (χ1v) is 13.6. The summed E-state index contributed by atoms with van der Waals surface area (Å²) in [7, 11) is 0. The van der Waals surface area contributed by atoms with E-state index in [0.29, 0.717) is 28.7 Å². The number of rotatable bonds is 7. The monoisotopic (exact) mass is 535 g/mol. The zero-order valence-corrected chi connectivity index (χ0v) is 23.0. The van der Waals surface area contributed by atoms with Gasteiger partial charge in [-0.15, -0.1) is 5.10 Å². The van der Waals surface area contributed by atoms with Gasteiger partial charge in [0.15, 0.2) is 0 Å². The van der Waals surface area contributed by atoms with E-state index >= 15 is 0 Å². The summed E-state index contributed by atoms with van der Waals surface area (Å²) < 4.78 is 1.97. The van der Waals surface area contributed by atoms with Crippen molar-refractivity contribution in [2.45, 2.75) is 45.7 Å². The molecule has 1 aliphatic rings. The van der Waals surface area contributed by atoms with Crippen LogP contribution in [0.25, 0.3) is 21.7 Å².